The number of nitrogens with zero attached hydrogens (tertiary/aromatic N) is 3. The molecule has 1 aliphatic carbocycles. The van der Waals surface area contributed by atoms with Gasteiger partial charge in [-0.25, -0.2) is 13.1 Å². The van der Waals surface area contributed by atoms with Crippen LogP contribution in [0.4, 0.5) is 0 Å². The van der Waals surface area contributed by atoms with Crippen LogP contribution in [0.25, 0.3) is 17.8 Å². The molecule has 0 unspecified atom stereocenters. The maximum absolute atomic E-state index is 12.8. The Morgan fingerprint density at radius 2 is 1.71 bits per heavy atom. The Kier molecular flexibility index (Phi) is 6.60. The van der Waals surface area contributed by atoms with Gasteiger partial charge < -0.3 is 10.6 Å². The minimum Gasteiger partial charge on any atom is -0.352 e. The lowest BCUT2D eigenvalue weighted by atomic mass is 10.1. The van der Waals surface area contributed by atoms with Gasteiger partial charge in [-0.1, -0.05) is 23.4 Å². The molecular formula is C24H25N5O4S. The van der Waals surface area contributed by atoms with Crippen LogP contribution in [-0.2, 0) is 9.84 Å². The molecule has 1 aromatic heterocycles. The van der Waals surface area contributed by atoms with Crippen LogP contribution in [0, 0.1) is 0 Å². The number of amides is 2. The van der Waals surface area contributed by atoms with Crippen LogP contribution in [0.15, 0.2) is 53.4 Å². The van der Waals surface area contributed by atoms with Crippen LogP contribution in [0.1, 0.15) is 51.9 Å². The molecule has 0 saturated heterocycles. The normalized spacial score (nSPS) is 13.7. The Morgan fingerprint density at radius 1 is 1.03 bits per heavy atom. The second-order valence-corrected chi connectivity index (χ2v) is 10.1. The fraction of sp³-hybridized carbons (Fsp3) is 0.250. The van der Waals surface area contributed by atoms with Crippen LogP contribution in [0.3, 0.4) is 0 Å². The Bertz CT molecular complexity index is 1340. The summed E-state index contributed by atoms with van der Waals surface area (Å²) >= 11 is 0. The van der Waals surface area contributed by atoms with Gasteiger partial charge >= 0.3 is 0 Å². The Hall–Kier alpha value is -3.79. The zero-order valence-corrected chi connectivity index (χ0v) is 19.7. The molecule has 1 heterocycles. The monoisotopic (exact) mass is 479 g/mol. The van der Waals surface area contributed by atoms with E-state index in [4.69, 9.17) is 0 Å². The molecule has 10 heteroatoms. The lowest BCUT2D eigenvalue weighted by molar-refractivity contribution is 0.0941. The standard InChI is InChI=1S/C24H25N5O4S/c1-3-25-23(30)17-7-11-19(12-8-17)29-21(22(27-28-29)24(31)26-18-9-10-18)15-6-16-4-13-20(14-5-16)34(2,32)33/h4-8,11-15,18H,3,9-10H2,1-2H3,(H,25,30)(H,26,31). The number of sulfone groups is 1. The average molecular weight is 480 g/mol. The van der Waals surface area contributed by atoms with E-state index in [-0.39, 0.29) is 28.4 Å². The van der Waals surface area contributed by atoms with Gasteiger partial charge in [0.05, 0.1) is 10.6 Å². The quantitative estimate of drug-likeness (QED) is 0.512. The van der Waals surface area contributed by atoms with Crippen LogP contribution in [-0.4, -0.2) is 54.1 Å². The first-order valence-corrected chi connectivity index (χ1v) is 12.8. The van der Waals surface area contributed by atoms with E-state index in [1.165, 1.54) is 16.8 Å². The number of aromatic nitrogens is 3. The summed E-state index contributed by atoms with van der Waals surface area (Å²) < 4.78 is 24.9. The summed E-state index contributed by atoms with van der Waals surface area (Å²) in [5, 5.41) is 14.0. The van der Waals surface area contributed by atoms with Crippen LogP contribution in [0.5, 0.6) is 0 Å². The Morgan fingerprint density at radius 3 is 2.29 bits per heavy atom. The number of carbonyl (C=O) groups excluding carboxylic acids is 2. The maximum atomic E-state index is 12.8. The molecule has 9 nitrogen and oxygen atoms in total. The highest BCUT2D eigenvalue weighted by atomic mass is 32.2. The molecule has 176 valence electrons. The lowest BCUT2D eigenvalue weighted by Crippen LogP contribution is -2.26. The maximum Gasteiger partial charge on any atom is 0.274 e. The second kappa shape index (κ2) is 9.60. The number of carbonyl (C=O) groups is 2. The van der Waals surface area contributed by atoms with E-state index in [1.807, 2.05) is 6.92 Å². The third-order valence-electron chi connectivity index (χ3n) is 5.29. The van der Waals surface area contributed by atoms with Crippen LogP contribution >= 0.6 is 0 Å². The second-order valence-electron chi connectivity index (χ2n) is 8.06. The highest BCUT2D eigenvalue weighted by molar-refractivity contribution is 7.90. The molecule has 1 fully saturated rings. The molecule has 0 aliphatic heterocycles. The average Bonchev–Trinajstić information content (AvgIpc) is 3.52. The zero-order valence-electron chi connectivity index (χ0n) is 18.9. The van der Waals surface area contributed by atoms with E-state index in [0.29, 0.717) is 23.5 Å². The van der Waals surface area contributed by atoms with Crippen molar-refractivity contribution in [3.05, 3.63) is 71.0 Å². The van der Waals surface area contributed by atoms with Crippen molar-refractivity contribution in [1.29, 1.82) is 0 Å². The molecule has 0 spiro atoms. The zero-order chi connectivity index (χ0) is 24.3. The molecule has 0 bridgehead atoms. The van der Waals surface area contributed by atoms with E-state index < -0.39 is 9.84 Å². The summed E-state index contributed by atoms with van der Waals surface area (Å²) in [6.07, 6.45) is 6.52. The van der Waals surface area contributed by atoms with Gasteiger partial charge in [-0.2, -0.15) is 0 Å². The number of hydrogen-bond acceptors (Lipinski definition) is 6. The lowest BCUT2D eigenvalue weighted by Gasteiger charge is -2.07. The number of nitrogens with one attached hydrogen (secondary N) is 2. The SMILES string of the molecule is CCNC(=O)c1ccc(-n2nnc(C(=O)NC3CC3)c2C=Cc2ccc(S(C)(=O)=O)cc2)cc1. The molecule has 1 saturated carbocycles. The Balaban J connectivity index is 1.67. The minimum absolute atomic E-state index is 0.161. The molecule has 34 heavy (non-hydrogen) atoms. The van der Waals surface area contributed by atoms with Crippen molar-refractivity contribution in [2.45, 2.75) is 30.7 Å². The highest BCUT2D eigenvalue weighted by Gasteiger charge is 2.27. The number of rotatable bonds is 8. The largest absolute Gasteiger partial charge is 0.352 e. The fourth-order valence-electron chi connectivity index (χ4n) is 3.29. The fourth-order valence-corrected chi connectivity index (χ4v) is 3.92. The van der Waals surface area contributed by atoms with E-state index in [0.717, 1.165) is 24.7 Å². The van der Waals surface area contributed by atoms with Crippen LogP contribution in [0.2, 0.25) is 0 Å². The molecule has 2 aromatic carbocycles. The van der Waals surface area contributed by atoms with Crippen molar-refractivity contribution in [2.75, 3.05) is 12.8 Å². The van der Waals surface area contributed by atoms with Gasteiger partial charge in [0.1, 0.15) is 5.69 Å². The van der Waals surface area contributed by atoms with E-state index in [9.17, 15) is 18.0 Å². The molecule has 0 radical (unpaired) electrons. The molecule has 2 N–H and O–H groups in total. The van der Waals surface area contributed by atoms with Gasteiger partial charge in [-0.15, -0.1) is 5.10 Å². The summed E-state index contributed by atoms with van der Waals surface area (Å²) in [5.41, 5.74) is 2.55. The molecule has 3 aromatic rings. The third-order valence-corrected chi connectivity index (χ3v) is 6.41. The van der Waals surface area contributed by atoms with Crippen molar-refractivity contribution in [3.63, 3.8) is 0 Å². The van der Waals surface area contributed by atoms with Gasteiger partial charge in [0.15, 0.2) is 15.5 Å². The van der Waals surface area contributed by atoms with Crippen LogP contribution < -0.4 is 10.6 Å². The van der Waals surface area contributed by atoms with Crippen molar-refractivity contribution in [2.24, 2.45) is 0 Å². The predicted molar refractivity (Wildman–Crippen MR) is 128 cm³/mol. The molecule has 0 atom stereocenters. The van der Waals surface area contributed by atoms with Gasteiger partial charge in [0.2, 0.25) is 0 Å². The summed E-state index contributed by atoms with van der Waals surface area (Å²) in [5.74, 6) is -0.477. The molecular weight excluding hydrogens is 454 g/mol. The van der Waals surface area contributed by atoms with Gasteiger partial charge in [-0.05, 0) is 67.8 Å². The third kappa shape index (κ3) is 5.40. The summed E-state index contributed by atoms with van der Waals surface area (Å²) in [4.78, 5) is 25.1. The van der Waals surface area contributed by atoms with E-state index in [2.05, 4.69) is 20.9 Å². The molecule has 4 rings (SSSR count). The molecule has 2 amide bonds. The Labute approximate surface area is 197 Å². The first-order chi connectivity index (χ1) is 16.3. The number of benzene rings is 2. The van der Waals surface area contributed by atoms with E-state index >= 15 is 0 Å². The first-order valence-electron chi connectivity index (χ1n) is 10.9. The topological polar surface area (TPSA) is 123 Å². The van der Waals surface area contributed by atoms with Crippen molar-refractivity contribution >= 4 is 33.8 Å². The van der Waals surface area contributed by atoms with Gasteiger partial charge in [0.25, 0.3) is 11.8 Å². The first kappa shape index (κ1) is 23.4. The van der Waals surface area contributed by atoms with Crippen molar-refractivity contribution < 1.29 is 18.0 Å². The summed E-state index contributed by atoms with van der Waals surface area (Å²) in [6.45, 7) is 2.38. The van der Waals surface area contributed by atoms with Gasteiger partial charge in [0, 0.05) is 24.4 Å². The summed E-state index contributed by atoms with van der Waals surface area (Å²) in [6, 6.07) is 13.4. The van der Waals surface area contributed by atoms with Crippen molar-refractivity contribution in [1.82, 2.24) is 25.6 Å². The van der Waals surface area contributed by atoms with Crippen molar-refractivity contribution in [3.8, 4) is 5.69 Å². The molecule has 1 aliphatic rings. The van der Waals surface area contributed by atoms with Gasteiger partial charge in [-0.3, -0.25) is 9.59 Å². The predicted octanol–water partition coefficient (Wildman–Crippen LogP) is 2.48. The highest BCUT2D eigenvalue weighted by Crippen LogP contribution is 2.22. The number of hydrogen-bond donors (Lipinski definition) is 2. The summed E-state index contributed by atoms with van der Waals surface area (Å²) in [7, 11) is -3.29. The minimum atomic E-state index is -3.29. The van der Waals surface area contributed by atoms with E-state index in [1.54, 1.807) is 48.6 Å². The smallest absolute Gasteiger partial charge is 0.274 e.